The number of rotatable bonds is 8. The Hall–Kier alpha value is -2.73. The lowest BCUT2D eigenvalue weighted by Gasteiger charge is -2.32. The zero-order valence-electron chi connectivity index (χ0n) is 16.9. The number of anilines is 1. The van der Waals surface area contributed by atoms with Gasteiger partial charge in [0.1, 0.15) is 5.82 Å². The van der Waals surface area contributed by atoms with Crippen LogP contribution >= 0.6 is 0 Å². The van der Waals surface area contributed by atoms with E-state index in [0.717, 1.165) is 24.0 Å². The molecule has 1 aliphatic rings. The molecule has 2 unspecified atom stereocenters. The number of amides is 1. The van der Waals surface area contributed by atoms with E-state index in [1.54, 1.807) is 13.1 Å². The summed E-state index contributed by atoms with van der Waals surface area (Å²) in [5, 5.41) is 12.6. The molecule has 2 atom stereocenters. The summed E-state index contributed by atoms with van der Waals surface area (Å²) < 4.78 is 5.27. The SMILES string of the molecule is COC(C)C(CC1(C(=O)Nc2cc(-c3ccccc3)ccn2)CCCC1)C(=O)O. The minimum absolute atomic E-state index is 0.151. The molecule has 1 aromatic heterocycles. The number of carbonyl (C=O) groups excluding carboxylic acids is 1. The van der Waals surface area contributed by atoms with Crippen molar-refractivity contribution < 1.29 is 19.4 Å². The maximum Gasteiger partial charge on any atom is 0.309 e. The van der Waals surface area contributed by atoms with Gasteiger partial charge in [0.15, 0.2) is 0 Å². The summed E-state index contributed by atoms with van der Waals surface area (Å²) in [7, 11) is 1.50. The molecule has 2 N–H and O–H groups in total. The summed E-state index contributed by atoms with van der Waals surface area (Å²) in [6.45, 7) is 1.74. The second-order valence-corrected chi connectivity index (χ2v) is 7.83. The molecule has 154 valence electrons. The van der Waals surface area contributed by atoms with Gasteiger partial charge in [-0.2, -0.15) is 0 Å². The molecule has 1 saturated carbocycles. The Morgan fingerprint density at radius 1 is 1.17 bits per heavy atom. The first-order valence-corrected chi connectivity index (χ1v) is 10.0. The maximum absolute atomic E-state index is 13.3. The fourth-order valence-corrected chi connectivity index (χ4v) is 4.17. The fraction of sp³-hybridized carbons (Fsp3) is 0.435. The predicted molar refractivity (Wildman–Crippen MR) is 111 cm³/mol. The largest absolute Gasteiger partial charge is 0.481 e. The first kappa shape index (κ1) is 21.0. The van der Waals surface area contributed by atoms with Crippen molar-refractivity contribution in [3.8, 4) is 11.1 Å². The van der Waals surface area contributed by atoms with Crippen molar-refractivity contribution in [1.29, 1.82) is 0 Å². The normalized spacial score (nSPS) is 17.4. The summed E-state index contributed by atoms with van der Waals surface area (Å²) in [4.78, 5) is 29.4. The molecule has 3 rings (SSSR count). The van der Waals surface area contributed by atoms with Crippen LogP contribution in [0.5, 0.6) is 0 Å². The lowest BCUT2D eigenvalue weighted by Crippen LogP contribution is -2.40. The van der Waals surface area contributed by atoms with E-state index < -0.39 is 23.4 Å². The number of ether oxygens (including phenoxy) is 1. The molecule has 0 aliphatic heterocycles. The minimum atomic E-state index is -0.928. The smallest absolute Gasteiger partial charge is 0.309 e. The number of carboxylic acid groups (broad SMARTS) is 1. The lowest BCUT2D eigenvalue weighted by atomic mass is 9.75. The van der Waals surface area contributed by atoms with Crippen molar-refractivity contribution in [2.75, 3.05) is 12.4 Å². The van der Waals surface area contributed by atoms with Crippen LogP contribution in [-0.4, -0.2) is 35.2 Å². The molecular formula is C23H28N2O4. The highest BCUT2D eigenvalue weighted by atomic mass is 16.5. The Balaban J connectivity index is 1.81. The van der Waals surface area contributed by atoms with Crippen LogP contribution < -0.4 is 5.32 Å². The zero-order valence-corrected chi connectivity index (χ0v) is 16.9. The van der Waals surface area contributed by atoms with Crippen LogP contribution in [-0.2, 0) is 14.3 Å². The van der Waals surface area contributed by atoms with Gasteiger partial charge in [0, 0.05) is 13.3 Å². The number of methoxy groups -OCH3 is 1. The third-order valence-corrected chi connectivity index (χ3v) is 6.02. The summed E-state index contributed by atoms with van der Waals surface area (Å²) >= 11 is 0. The first-order valence-electron chi connectivity index (χ1n) is 10.0. The standard InChI is InChI=1S/C23H28N2O4/c1-16(29-2)19(21(26)27)15-23(11-6-7-12-23)22(28)25-20-14-18(10-13-24-20)17-8-4-3-5-9-17/h3-5,8-10,13-14,16,19H,6-7,11-12,15H2,1-2H3,(H,26,27)(H,24,25,28). The van der Waals surface area contributed by atoms with Crippen molar-refractivity contribution in [2.24, 2.45) is 11.3 Å². The monoisotopic (exact) mass is 396 g/mol. The Morgan fingerprint density at radius 2 is 1.86 bits per heavy atom. The number of carbonyl (C=O) groups is 2. The van der Waals surface area contributed by atoms with E-state index >= 15 is 0 Å². The average molecular weight is 396 g/mol. The Morgan fingerprint density at radius 3 is 2.48 bits per heavy atom. The maximum atomic E-state index is 13.3. The van der Waals surface area contributed by atoms with Crippen molar-refractivity contribution in [1.82, 2.24) is 4.98 Å². The van der Waals surface area contributed by atoms with Crippen molar-refractivity contribution >= 4 is 17.7 Å². The number of nitrogens with zero attached hydrogens (tertiary/aromatic N) is 1. The molecule has 29 heavy (non-hydrogen) atoms. The van der Waals surface area contributed by atoms with E-state index in [1.165, 1.54) is 7.11 Å². The predicted octanol–water partition coefficient (Wildman–Crippen LogP) is 4.37. The molecular weight excluding hydrogens is 368 g/mol. The Bertz CT molecular complexity index is 847. The Kier molecular flexibility index (Phi) is 6.64. The van der Waals surface area contributed by atoms with Gasteiger partial charge in [-0.15, -0.1) is 0 Å². The lowest BCUT2D eigenvalue weighted by molar-refractivity contribution is -0.148. The molecule has 6 nitrogen and oxygen atoms in total. The summed E-state index contributed by atoms with van der Waals surface area (Å²) in [5.41, 5.74) is 1.30. The molecule has 6 heteroatoms. The van der Waals surface area contributed by atoms with E-state index in [4.69, 9.17) is 4.74 Å². The summed E-state index contributed by atoms with van der Waals surface area (Å²) in [6.07, 6.45) is 4.66. The van der Waals surface area contributed by atoms with Crippen molar-refractivity contribution in [2.45, 2.75) is 45.1 Å². The van der Waals surface area contributed by atoms with Crippen LogP contribution in [0.25, 0.3) is 11.1 Å². The molecule has 2 aromatic rings. The highest BCUT2D eigenvalue weighted by Gasteiger charge is 2.45. The average Bonchev–Trinajstić information content (AvgIpc) is 3.22. The molecule has 0 saturated heterocycles. The second kappa shape index (κ2) is 9.18. The van der Waals surface area contributed by atoms with Gasteiger partial charge in [0.05, 0.1) is 17.4 Å². The highest BCUT2D eigenvalue weighted by molar-refractivity contribution is 5.95. The molecule has 1 aliphatic carbocycles. The van der Waals surface area contributed by atoms with E-state index in [1.807, 2.05) is 42.5 Å². The van der Waals surface area contributed by atoms with Crippen molar-refractivity contribution in [3.63, 3.8) is 0 Å². The third-order valence-electron chi connectivity index (χ3n) is 6.02. The molecule has 0 spiro atoms. The number of carboxylic acids is 1. The van der Waals surface area contributed by atoms with Gasteiger partial charge in [0.25, 0.3) is 0 Å². The van der Waals surface area contributed by atoms with Gasteiger partial charge >= 0.3 is 5.97 Å². The second-order valence-electron chi connectivity index (χ2n) is 7.83. The molecule has 0 radical (unpaired) electrons. The van der Waals surface area contributed by atoms with Gasteiger partial charge in [-0.25, -0.2) is 4.98 Å². The van der Waals surface area contributed by atoms with E-state index in [9.17, 15) is 14.7 Å². The van der Waals surface area contributed by atoms with Crippen LogP contribution in [0, 0.1) is 11.3 Å². The van der Waals surface area contributed by atoms with Gasteiger partial charge in [-0.3, -0.25) is 9.59 Å². The van der Waals surface area contributed by atoms with Crippen molar-refractivity contribution in [3.05, 3.63) is 48.7 Å². The number of hydrogen-bond acceptors (Lipinski definition) is 4. The molecule has 1 heterocycles. The number of hydrogen-bond donors (Lipinski definition) is 2. The molecule has 0 bridgehead atoms. The fourth-order valence-electron chi connectivity index (χ4n) is 4.17. The van der Waals surface area contributed by atoms with Crippen LogP contribution in [0.4, 0.5) is 5.82 Å². The van der Waals surface area contributed by atoms with E-state index in [2.05, 4.69) is 10.3 Å². The van der Waals surface area contributed by atoms with Crippen LogP contribution in [0.15, 0.2) is 48.7 Å². The van der Waals surface area contributed by atoms with E-state index in [0.29, 0.717) is 18.7 Å². The molecule has 1 fully saturated rings. The summed E-state index contributed by atoms with van der Waals surface area (Å²) in [5.74, 6) is -1.33. The Labute approximate surface area is 171 Å². The number of pyridine rings is 1. The minimum Gasteiger partial charge on any atom is -0.481 e. The van der Waals surface area contributed by atoms with Gasteiger partial charge in [-0.1, -0.05) is 43.2 Å². The molecule has 1 amide bonds. The number of nitrogens with one attached hydrogen (secondary N) is 1. The topological polar surface area (TPSA) is 88.5 Å². The first-order chi connectivity index (χ1) is 13.9. The van der Waals surface area contributed by atoms with Crippen LogP contribution in [0.1, 0.15) is 39.0 Å². The number of aliphatic carboxylic acids is 1. The van der Waals surface area contributed by atoms with Gasteiger partial charge < -0.3 is 15.2 Å². The summed E-state index contributed by atoms with van der Waals surface area (Å²) in [6, 6.07) is 13.6. The van der Waals surface area contributed by atoms with Crippen LogP contribution in [0.2, 0.25) is 0 Å². The zero-order chi connectivity index (χ0) is 20.9. The number of aromatic nitrogens is 1. The number of benzene rings is 1. The van der Waals surface area contributed by atoms with Crippen LogP contribution in [0.3, 0.4) is 0 Å². The highest BCUT2D eigenvalue weighted by Crippen LogP contribution is 2.45. The third kappa shape index (κ3) is 4.82. The van der Waals surface area contributed by atoms with Gasteiger partial charge in [-0.05, 0) is 49.4 Å². The van der Waals surface area contributed by atoms with Gasteiger partial charge in [0.2, 0.25) is 5.91 Å². The molecule has 1 aromatic carbocycles. The van der Waals surface area contributed by atoms with E-state index in [-0.39, 0.29) is 12.3 Å². The quantitative estimate of drug-likeness (QED) is 0.691.